The van der Waals surface area contributed by atoms with Gasteiger partial charge < -0.3 is 4.57 Å². The van der Waals surface area contributed by atoms with E-state index in [-0.39, 0.29) is 6.54 Å². The van der Waals surface area contributed by atoms with E-state index in [9.17, 15) is 13.2 Å². The zero-order valence-corrected chi connectivity index (χ0v) is 28.0. The molecule has 7 nitrogen and oxygen atoms in total. The van der Waals surface area contributed by atoms with Gasteiger partial charge in [0.15, 0.2) is 0 Å². The van der Waals surface area contributed by atoms with Crippen LogP contribution in [-0.4, -0.2) is 30.4 Å². The number of rotatable bonds is 8. The fraction of sp³-hybridized carbons (Fsp3) is 0.243. The molecule has 1 N–H and O–H groups in total. The Morgan fingerprint density at radius 1 is 0.809 bits per heavy atom. The largest absolute Gasteiger partial charge is 0.326 e. The van der Waals surface area contributed by atoms with Gasteiger partial charge in [0, 0.05) is 28.9 Å². The first kappa shape index (κ1) is 31.5. The quantitative estimate of drug-likeness (QED) is 0.178. The van der Waals surface area contributed by atoms with Gasteiger partial charge in [-0.3, -0.25) is 4.79 Å². The molecule has 2 fully saturated rings. The molecular weight excluding hydrogens is 651 g/mol. The molecule has 1 aliphatic heterocycles. The normalized spacial score (nSPS) is 16.4. The summed E-state index contributed by atoms with van der Waals surface area (Å²) in [7, 11) is -3.95. The number of amides is 1. The fourth-order valence-corrected chi connectivity index (χ4v) is 8.27. The highest BCUT2D eigenvalue weighted by atomic mass is 35.5. The molecule has 7 rings (SSSR count). The molecule has 1 amide bonds. The summed E-state index contributed by atoms with van der Waals surface area (Å²) in [5.74, 6) is 0.980. The molecule has 2 aliphatic rings. The first-order chi connectivity index (χ1) is 22.7. The van der Waals surface area contributed by atoms with Gasteiger partial charge in [-0.2, -0.15) is 8.42 Å². The summed E-state index contributed by atoms with van der Waals surface area (Å²) >= 11 is 12.7. The maximum Gasteiger partial charge on any atom is 0.326 e. The highest BCUT2D eigenvalue weighted by Gasteiger charge is 2.34. The number of halogens is 2. The van der Waals surface area contributed by atoms with Gasteiger partial charge in [0.1, 0.15) is 12.4 Å². The summed E-state index contributed by atoms with van der Waals surface area (Å²) in [6, 6.07) is 29.8. The number of benzene rings is 4. The zero-order chi connectivity index (χ0) is 32.5. The average Bonchev–Trinajstić information content (AvgIpc) is 3.60. The monoisotopic (exact) mass is 684 g/mol. The van der Waals surface area contributed by atoms with Crippen molar-refractivity contribution in [2.45, 2.75) is 44.9 Å². The molecule has 1 saturated heterocycles. The maximum absolute atomic E-state index is 12.6. The Kier molecular flexibility index (Phi) is 8.83. The van der Waals surface area contributed by atoms with Crippen molar-refractivity contribution in [3.8, 4) is 28.1 Å². The number of hydrogen-bond donors (Lipinski definition) is 1. The number of nitrogens with one attached hydrogen (secondary N) is 1. The zero-order valence-electron chi connectivity index (χ0n) is 25.7. The van der Waals surface area contributed by atoms with Crippen LogP contribution >= 0.6 is 23.2 Å². The van der Waals surface area contributed by atoms with Crippen molar-refractivity contribution < 1.29 is 13.2 Å². The van der Waals surface area contributed by atoms with E-state index in [4.69, 9.17) is 28.2 Å². The Labute approximate surface area is 285 Å². The highest BCUT2D eigenvalue weighted by molar-refractivity contribution is 7.92. The average molecular weight is 686 g/mol. The van der Waals surface area contributed by atoms with Crippen LogP contribution in [0.2, 0.25) is 10.0 Å². The van der Waals surface area contributed by atoms with E-state index in [1.165, 1.54) is 49.7 Å². The highest BCUT2D eigenvalue weighted by Crippen LogP contribution is 2.33. The number of anilines is 1. The van der Waals surface area contributed by atoms with E-state index >= 15 is 0 Å². The molecule has 0 atom stereocenters. The van der Waals surface area contributed by atoms with Crippen molar-refractivity contribution in [1.29, 1.82) is 0 Å². The van der Waals surface area contributed by atoms with E-state index < -0.39 is 16.1 Å². The minimum atomic E-state index is -3.95. The van der Waals surface area contributed by atoms with E-state index in [1.54, 1.807) is 30.3 Å². The second kappa shape index (κ2) is 13.2. The Bertz CT molecular complexity index is 2040. The third-order valence-corrected chi connectivity index (χ3v) is 11.0. The number of imidazole rings is 1. The van der Waals surface area contributed by atoms with Crippen molar-refractivity contribution >= 4 is 45.0 Å². The summed E-state index contributed by atoms with van der Waals surface area (Å²) < 4.78 is 30.1. The molecule has 0 radical (unpaired) electrons. The summed E-state index contributed by atoms with van der Waals surface area (Å²) in [6.07, 6.45) is 10.4. The minimum absolute atomic E-state index is 0.274. The van der Waals surface area contributed by atoms with Crippen LogP contribution in [0, 0.1) is 5.92 Å². The SMILES string of the molecule is O=C1CN(c2cccc(-n3cc(-c4ccc(Cl)cc4Cl)nc3Cc3ccc(-c4ccc(CC5CCCCC5)cc4)cc3)c2)S(=O)(=O)N1. The van der Waals surface area contributed by atoms with Crippen molar-refractivity contribution in [2.24, 2.45) is 5.92 Å². The van der Waals surface area contributed by atoms with E-state index in [0.29, 0.717) is 33.5 Å². The number of nitrogens with zero attached hydrogens (tertiary/aromatic N) is 3. The Morgan fingerprint density at radius 3 is 2.15 bits per heavy atom. The number of carbonyl (C=O) groups excluding carboxylic acids is 1. The van der Waals surface area contributed by atoms with Crippen LogP contribution in [0.1, 0.15) is 49.1 Å². The molecule has 1 saturated carbocycles. The lowest BCUT2D eigenvalue weighted by molar-refractivity contribution is -0.117. The molecule has 10 heteroatoms. The van der Waals surface area contributed by atoms with Crippen LogP contribution in [0.25, 0.3) is 28.1 Å². The number of carbonyl (C=O) groups is 1. The van der Waals surface area contributed by atoms with Gasteiger partial charge in [-0.25, -0.2) is 14.0 Å². The van der Waals surface area contributed by atoms with Gasteiger partial charge in [-0.1, -0.05) is 110 Å². The molecule has 1 aromatic heterocycles. The summed E-state index contributed by atoms with van der Waals surface area (Å²) in [4.78, 5) is 16.9. The van der Waals surface area contributed by atoms with Crippen molar-refractivity contribution in [3.05, 3.63) is 124 Å². The molecule has 47 heavy (non-hydrogen) atoms. The van der Waals surface area contributed by atoms with Crippen LogP contribution in [-0.2, 0) is 27.8 Å². The lowest BCUT2D eigenvalue weighted by Crippen LogP contribution is -2.29. The van der Waals surface area contributed by atoms with Crippen molar-refractivity contribution in [2.75, 3.05) is 10.8 Å². The van der Waals surface area contributed by atoms with Gasteiger partial charge in [0.25, 0.3) is 5.91 Å². The van der Waals surface area contributed by atoms with Crippen LogP contribution in [0.15, 0.2) is 97.2 Å². The van der Waals surface area contributed by atoms with Gasteiger partial charge >= 0.3 is 10.2 Å². The molecule has 0 spiro atoms. The maximum atomic E-state index is 12.6. The first-order valence-electron chi connectivity index (χ1n) is 15.9. The van der Waals surface area contributed by atoms with E-state index in [2.05, 4.69) is 48.5 Å². The minimum Gasteiger partial charge on any atom is -0.303 e. The van der Waals surface area contributed by atoms with E-state index in [1.807, 2.05) is 27.6 Å². The molecular formula is C37H34Cl2N4O3S. The molecule has 4 aromatic carbocycles. The second-order valence-electron chi connectivity index (χ2n) is 12.4. The topological polar surface area (TPSA) is 84.3 Å². The smallest absolute Gasteiger partial charge is 0.303 e. The number of hydrogen-bond acceptors (Lipinski definition) is 4. The van der Waals surface area contributed by atoms with Gasteiger partial charge in [-0.15, -0.1) is 0 Å². The molecule has 1 aliphatic carbocycles. The molecule has 5 aromatic rings. The third kappa shape index (κ3) is 6.96. The third-order valence-electron chi connectivity index (χ3n) is 9.05. The molecule has 0 unspecified atom stereocenters. The van der Waals surface area contributed by atoms with Gasteiger partial charge in [-0.05, 0) is 71.0 Å². The summed E-state index contributed by atoms with van der Waals surface area (Å²) in [6.45, 7) is -0.274. The summed E-state index contributed by atoms with van der Waals surface area (Å²) in [5.41, 5.74) is 7.27. The Balaban J connectivity index is 1.17. The standard InChI is InChI=1S/C37H34Cl2N4O3S/c38-30-17-18-33(34(39)21-30)35-23-42(31-7-4-8-32(22-31)43-24-37(44)41-47(43,45)46)36(40-35)20-27-11-15-29(16-12-27)28-13-9-26(10-14-28)19-25-5-2-1-3-6-25/h4,7-18,21-23,25H,1-3,5-6,19-20,24H2,(H,41,44). The van der Waals surface area contributed by atoms with Crippen molar-refractivity contribution in [3.63, 3.8) is 0 Å². The van der Waals surface area contributed by atoms with Crippen molar-refractivity contribution in [1.82, 2.24) is 14.3 Å². The molecule has 240 valence electrons. The van der Waals surface area contributed by atoms with E-state index in [0.717, 1.165) is 32.7 Å². The lowest BCUT2D eigenvalue weighted by Gasteiger charge is -2.21. The Morgan fingerprint density at radius 2 is 1.49 bits per heavy atom. The van der Waals surface area contributed by atoms with Gasteiger partial charge in [0.05, 0.1) is 16.4 Å². The predicted molar refractivity (Wildman–Crippen MR) is 188 cm³/mol. The molecule has 2 heterocycles. The Hall–Kier alpha value is -4.11. The van der Waals surface area contributed by atoms with Crippen LogP contribution < -0.4 is 9.03 Å². The van der Waals surface area contributed by atoms with Crippen LogP contribution in [0.3, 0.4) is 0 Å². The van der Waals surface area contributed by atoms with Gasteiger partial charge in [0.2, 0.25) is 0 Å². The summed E-state index contributed by atoms with van der Waals surface area (Å²) in [5, 5.41) is 1.00. The fourth-order valence-electron chi connectivity index (χ4n) is 6.62. The van der Waals surface area contributed by atoms with Crippen LogP contribution in [0.5, 0.6) is 0 Å². The molecule has 0 bridgehead atoms. The first-order valence-corrected chi connectivity index (χ1v) is 18.1. The lowest BCUT2D eigenvalue weighted by atomic mass is 9.84. The number of aromatic nitrogens is 2. The second-order valence-corrected chi connectivity index (χ2v) is 14.8. The van der Waals surface area contributed by atoms with Crippen LogP contribution in [0.4, 0.5) is 5.69 Å². The predicted octanol–water partition coefficient (Wildman–Crippen LogP) is 8.41.